The Hall–Kier alpha value is -2.50. The van der Waals surface area contributed by atoms with E-state index in [1.165, 1.54) is 6.08 Å². The first-order valence-electron chi connectivity index (χ1n) is 9.06. The standard InChI is InChI=1S/C20H25NO5/c1-13-5-4-6-14(2)21(13)20(23)15(3)26-19(22)10-8-16-7-9-17-18(11-16)25-12-24-17/h7-11,13-15H,4-6,12H2,1-3H3/b10-8+/t13-,14-,15+/m0/s1. The van der Waals surface area contributed by atoms with Gasteiger partial charge in [-0.25, -0.2) is 4.79 Å². The van der Waals surface area contributed by atoms with Crippen molar-refractivity contribution in [2.75, 3.05) is 6.79 Å². The molecule has 0 saturated carbocycles. The summed E-state index contributed by atoms with van der Waals surface area (Å²) in [6.07, 6.45) is 5.25. The first-order valence-corrected chi connectivity index (χ1v) is 9.06. The SMILES string of the molecule is C[C@@H](OC(=O)/C=C/c1ccc2c(c1)OCO2)C(=O)N1[C@@H](C)CCC[C@@H]1C. The summed E-state index contributed by atoms with van der Waals surface area (Å²) in [6, 6.07) is 5.76. The van der Waals surface area contributed by atoms with Gasteiger partial charge in [-0.1, -0.05) is 6.07 Å². The average Bonchev–Trinajstić information content (AvgIpc) is 3.07. The molecular weight excluding hydrogens is 334 g/mol. The van der Waals surface area contributed by atoms with Crippen molar-refractivity contribution in [3.63, 3.8) is 0 Å². The van der Waals surface area contributed by atoms with Crippen LogP contribution in [0.25, 0.3) is 6.08 Å². The lowest BCUT2D eigenvalue weighted by Crippen LogP contribution is -2.51. The van der Waals surface area contributed by atoms with Crippen LogP contribution in [0.3, 0.4) is 0 Å². The molecule has 2 aliphatic heterocycles. The summed E-state index contributed by atoms with van der Waals surface area (Å²) in [4.78, 5) is 26.6. The summed E-state index contributed by atoms with van der Waals surface area (Å²) in [5, 5.41) is 0. The number of hydrogen-bond acceptors (Lipinski definition) is 5. The molecule has 0 aromatic heterocycles. The van der Waals surface area contributed by atoms with Crippen molar-refractivity contribution < 1.29 is 23.8 Å². The number of benzene rings is 1. The lowest BCUT2D eigenvalue weighted by molar-refractivity contribution is -0.158. The molecule has 1 aromatic rings. The van der Waals surface area contributed by atoms with Crippen molar-refractivity contribution in [1.82, 2.24) is 4.90 Å². The number of carbonyl (C=O) groups is 2. The van der Waals surface area contributed by atoms with Crippen LogP contribution in [0.1, 0.15) is 45.6 Å². The highest BCUT2D eigenvalue weighted by molar-refractivity contribution is 5.90. The van der Waals surface area contributed by atoms with Crippen LogP contribution in [0.4, 0.5) is 0 Å². The van der Waals surface area contributed by atoms with Crippen LogP contribution in [0.15, 0.2) is 24.3 Å². The van der Waals surface area contributed by atoms with Crippen molar-refractivity contribution in [2.24, 2.45) is 0 Å². The predicted molar refractivity (Wildman–Crippen MR) is 96.8 cm³/mol. The molecule has 1 aromatic carbocycles. The van der Waals surface area contributed by atoms with Gasteiger partial charge in [-0.3, -0.25) is 4.79 Å². The first-order chi connectivity index (χ1) is 12.5. The van der Waals surface area contributed by atoms with Crippen molar-refractivity contribution >= 4 is 18.0 Å². The highest BCUT2D eigenvalue weighted by Gasteiger charge is 2.32. The third kappa shape index (κ3) is 4.00. The molecule has 140 valence electrons. The number of ether oxygens (including phenoxy) is 3. The van der Waals surface area contributed by atoms with Crippen LogP contribution in [0, 0.1) is 0 Å². The molecule has 0 radical (unpaired) electrons. The summed E-state index contributed by atoms with van der Waals surface area (Å²) in [5.74, 6) is 0.668. The van der Waals surface area contributed by atoms with Gasteiger partial charge in [0.2, 0.25) is 6.79 Å². The minimum Gasteiger partial charge on any atom is -0.454 e. The number of carbonyl (C=O) groups excluding carboxylic acids is 2. The highest BCUT2D eigenvalue weighted by Crippen LogP contribution is 2.32. The second kappa shape index (κ2) is 7.81. The van der Waals surface area contributed by atoms with E-state index in [9.17, 15) is 9.59 Å². The monoisotopic (exact) mass is 359 g/mol. The van der Waals surface area contributed by atoms with E-state index in [4.69, 9.17) is 14.2 Å². The zero-order valence-electron chi connectivity index (χ0n) is 15.4. The fraction of sp³-hybridized carbons (Fsp3) is 0.500. The molecule has 2 heterocycles. The van der Waals surface area contributed by atoms with Crippen LogP contribution in [-0.4, -0.2) is 41.8 Å². The van der Waals surface area contributed by atoms with Gasteiger partial charge in [0.1, 0.15) is 0 Å². The molecule has 0 N–H and O–H groups in total. The van der Waals surface area contributed by atoms with E-state index < -0.39 is 12.1 Å². The Morgan fingerprint density at radius 1 is 1.19 bits per heavy atom. The Labute approximate surface area is 153 Å². The van der Waals surface area contributed by atoms with Crippen LogP contribution in [0.2, 0.25) is 0 Å². The van der Waals surface area contributed by atoms with Gasteiger partial charge in [0.05, 0.1) is 0 Å². The zero-order valence-corrected chi connectivity index (χ0v) is 15.4. The lowest BCUT2D eigenvalue weighted by atomic mass is 9.97. The topological polar surface area (TPSA) is 65.1 Å². The maximum Gasteiger partial charge on any atom is 0.331 e. The third-order valence-corrected chi connectivity index (χ3v) is 4.90. The van der Waals surface area contributed by atoms with Gasteiger partial charge < -0.3 is 19.1 Å². The van der Waals surface area contributed by atoms with Gasteiger partial charge in [0.25, 0.3) is 5.91 Å². The minimum absolute atomic E-state index is 0.130. The fourth-order valence-electron chi connectivity index (χ4n) is 3.51. The van der Waals surface area contributed by atoms with E-state index >= 15 is 0 Å². The normalized spacial score (nSPS) is 23.1. The first kappa shape index (κ1) is 18.3. The Morgan fingerprint density at radius 2 is 1.88 bits per heavy atom. The van der Waals surface area contributed by atoms with Crippen LogP contribution < -0.4 is 9.47 Å². The van der Waals surface area contributed by atoms with Crippen molar-refractivity contribution in [3.8, 4) is 11.5 Å². The molecule has 3 atom stereocenters. The summed E-state index contributed by atoms with van der Waals surface area (Å²) in [6.45, 7) is 5.92. The van der Waals surface area contributed by atoms with Crippen molar-refractivity contribution in [3.05, 3.63) is 29.8 Å². The van der Waals surface area contributed by atoms with Crippen molar-refractivity contribution in [2.45, 2.75) is 58.2 Å². The average molecular weight is 359 g/mol. The molecule has 3 rings (SSSR count). The van der Waals surface area contributed by atoms with Gasteiger partial charge in [0.15, 0.2) is 17.6 Å². The third-order valence-electron chi connectivity index (χ3n) is 4.90. The maximum atomic E-state index is 12.7. The second-order valence-electron chi connectivity index (χ2n) is 6.90. The van der Waals surface area contributed by atoms with Gasteiger partial charge in [-0.15, -0.1) is 0 Å². The molecule has 0 bridgehead atoms. The predicted octanol–water partition coefficient (Wildman–Crippen LogP) is 3.15. The second-order valence-corrected chi connectivity index (χ2v) is 6.90. The van der Waals surface area contributed by atoms with Gasteiger partial charge >= 0.3 is 5.97 Å². The van der Waals surface area contributed by atoms with Crippen molar-refractivity contribution in [1.29, 1.82) is 0 Å². The summed E-state index contributed by atoms with van der Waals surface area (Å²) >= 11 is 0. The van der Waals surface area contributed by atoms with Gasteiger partial charge in [-0.05, 0) is 63.8 Å². The maximum absolute atomic E-state index is 12.7. The molecule has 1 fully saturated rings. The molecule has 1 amide bonds. The molecule has 0 spiro atoms. The number of hydrogen-bond donors (Lipinski definition) is 0. The van der Waals surface area contributed by atoms with E-state index in [2.05, 4.69) is 0 Å². The number of fused-ring (bicyclic) bond motifs is 1. The number of likely N-dealkylation sites (tertiary alicyclic amines) is 1. The van der Waals surface area contributed by atoms with E-state index in [-0.39, 0.29) is 24.8 Å². The largest absolute Gasteiger partial charge is 0.454 e. The van der Waals surface area contributed by atoms with E-state index in [1.54, 1.807) is 25.1 Å². The van der Waals surface area contributed by atoms with E-state index in [1.807, 2.05) is 24.8 Å². The lowest BCUT2D eigenvalue weighted by Gasteiger charge is -2.40. The Morgan fingerprint density at radius 3 is 2.62 bits per heavy atom. The summed E-state index contributed by atoms with van der Waals surface area (Å²) < 4.78 is 15.9. The molecule has 0 aliphatic carbocycles. The number of amides is 1. The number of rotatable bonds is 4. The Bertz CT molecular complexity index is 704. The molecule has 0 unspecified atom stereocenters. The van der Waals surface area contributed by atoms with Crippen LogP contribution in [0.5, 0.6) is 11.5 Å². The number of nitrogens with zero attached hydrogens (tertiary/aromatic N) is 1. The quantitative estimate of drug-likeness (QED) is 0.610. The smallest absolute Gasteiger partial charge is 0.331 e. The molecule has 6 heteroatoms. The Kier molecular flexibility index (Phi) is 5.49. The molecule has 1 saturated heterocycles. The van der Waals surface area contributed by atoms with E-state index in [0.29, 0.717) is 11.5 Å². The Balaban J connectivity index is 1.57. The highest BCUT2D eigenvalue weighted by atomic mass is 16.7. The molecule has 2 aliphatic rings. The minimum atomic E-state index is -0.799. The fourth-order valence-corrected chi connectivity index (χ4v) is 3.51. The van der Waals surface area contributed by atoms with Crippen LogP contribution >= 0.6 is 0 Å². The zero-order chi connectivity index (χ0) is 18.7. The molecule has 6 nitrogen and oxygen atoms in total. The van der Waals surface area contributed by atoms with Crippen LogP contribution in [-0.2, 0) is 14.3 Å². The number of esters is 1. The number of piperidine rings is 1. The van der Waals surface area contributed by atoms with Gasteiger partial charge in [0, 0.05) is 18.2 Å². The summed E-state index contributed by atoms with van der Waals surface area (Å²) in [7, 11) is 0. The van der Waals surface area contributed by atoms with Gasteiger partial charge in [-0.2, -0.15) is 0 Å². The summed E-state index contributed by atoms with van der Waals surface area (Å²) in [5.41, 5.74) is 0.795. The molecular formula is C20H25NO5. The molecule has 26 heavy (non-hydrogen) atoms. The van der Waals surface area contributed by atoms with E-state index in [0.717, 1.165) is 24.8 Å².